The molecule has 14 heteroatoms. The number of thioether (sulfide) groups is 1. The molecular weight excluding hydrogens is 576 g/mol. The average Bonchev–Trinajstić information content (AvgIpc) is 3.44. The maximum atomic E-state index is 13.8. The Labute approximate surface area is 241 Å². The van der Waals surface area contributed by atoms with Crippen LogP contribution in [0.1, 0.15) is 21.8 Å². The standard InChI is InChI=1S/C28H24F4N6O3S/c29-20-8-4-5-9-21(20)35-26(40)38-14-12-37(13-15-38)22-11-10-19(16-33-22)34-25(39)23-24(28(30,31)32)36-27(41-23)42-17-18-6-2-1-3-7-18/h1-11,16H,12-15,17H2,(H,34,39)(H,35,40). The number of para-hydroxylation sites is 1. The summed E-state index contributed by atoms with van der Waals surface area (Å²) >= 11 is 0.948. The molecule has 1 saturated heterocycles. The van der Waals surface area contributed by atoms with Gasteiger partial charge < -0.3 is 24.9 Å². The fraction of sp³-hybridized carbons (Fsp3) is 0.214. The van der Waals surface area contributed by atoms with Gasteiger partial charge in [-0.1, -0.05) is 54.2 Å². The number of oxazole rings is 1. The summed E-state index contributed by atoms with van der Waals surface area (Å²) in [7, 11) is 0. The number of amides is 3. The number of carbonyl (C=O) groups excluding carboxylic acids is 2. The number of piperazine rings is 1. The van der Waals surface area contributed by atoms with Crippen molar-refractivity contribution in [1.29, 1.82) is 0 Å². The first-order valence-corrected chi connectivity index (χ1v) is 13.7. The van der Waals surface area contributed by atoms with Gasteiger partial charge in [0.05, 0.1) is 17.6 Å². The van der Waals surface area contributed by atoms with Crippen LogP contribution >= 0.6 is 11.8 Å². The molecule has 0 spiro atoms. The number of alkyl halides is 3. The number of urea groups is 1. The van der Waals surface area contributed by atoms with Gasteiger partial charge in [0.2, 0.25) is 5.76 Å². The van der Waals surface area contributed by atoms with Gasteiger partial charge in [0.1, 0.15) is 11.6 Å². The van der Waals surface area contributed by atoms with Crippen LogP contribution in [0.5, 0.6) is 0 Å². The van der Waals surface area contributed by atoms with Crippen LogP contribution in [0.2, 0.25) is 0 Å². The van der Waals surface area contributed by atoms with Crippen molar-refractivity contribution in [2.45, 2.75) is 17.2 Å². The van der Waals surface area contributed by atoms with Gasteiger partial charge in [-0.3, -0.25) is 4.79 Å². The van der Waals surface area contributed by atoms with Crippen LogP contribution in [0.15, 0.2) is 82.6 Å². The zero-order valence-electron chi connectivity index (χ0n) is 21.9. The summed E-state index contributed by atoms with van der Waals surface area (Å²) in [5.41, 5.74) is -0.288. The number of nitrogens with zero attached hydrogens (tertiary/aromatic N) is 4. The Bertz CT molecular complexity index is 1540. The van der Waals surface area contributed by atoms with Crippen LogP contribution in [0, 0.1) is 5.82 Å². The zero-order chi connectivity index (χ0) is 29.7. The van der Waals surface area contributed by atoms with E-state index in [2.05, 4.69) is 20.6 Å². The van der Waals surface area contributed by atoms with E-state index in [1.54, 1.807) is 29.2 Å². The lowest BCUT2D eigenvalue weighted by Gasteiger charge is -2.35. The Morgan fingerprint density at radius 3 is 2.31 bits per heavy atom. The quantitative estimate of drug-likeness (QED) is 0.194. The molecule has 2 N–H and O–H groups in total. The molecule has 9 nitrogen and oxygen atoms in total. The number of hydrogen-bond acceptors (Lipinski definition) is 7. The molecule has 42 heavy (non-hydrogen) atoms. The molecule has 0 radical (unpaired) electrons. The van der Waals surface area contributed by atoms with Gasteiger partial charge in [-0.25, -0.2) is 14.2 Å². The molecule has 2 aromatic heterocycles. The first-order chi connectivity index (χ1) is 20.2. The average molecular weight is 601 g/mol. The van der Waals surface area contributed by atoms with E-state index in [0.29, 0.717) is 37.7 Å². The summed E-state index contributed by atoms with van der Waals surface area (Å²) < 4.78 is 59.9. The van der Waals surface area contributed by atoms with E-state index < -0.39 is 35.4 Å². The van der Waals surface area contributed by atoms with E-state index in [9.17, 15) is 27.2 Å². The molecule has 1 aliphatic heterocycles. The molecule has 0 bridgehead atoms. The van der Waals surface area contributed by atoms with Crippen LogP contribution in [-0.2, 0) is 11.9 Å². The molecule has 3 amide bonds. The van der Waals surface area contributed by atoms with Crippen molar-refractivity contribution in [2.75, 3.05) is 41.7 Å². The van der Waals surface area contributed by atoms with Gasteiger partial charge in [-0.2, -0.15) is 18.2 Å². The van der Waals surface area contributed by atoms with E-state index in [4.69, 9.17) is 4.42 Å². The predicted octanol–water partition coefficient (Wildman–Crippen LogP) is 6.13. The molecule has 0 saturated carbocycles. The minimum absolute atomic E-state index is 0.0964. The maximum absolute atomic E-state index is 13.8. The number of rotatable bonds is 7. The lowest BCUT2D eigenvalue weighted by atomic mass is 10.2. The van der Waals surface area contributed by atoms with Crippen LogP contribution < -0.4 is 15.5 Å². The fourth-order valence-electron chi connectivity index (χ4n) is 4.16. The van der Waals surface area contributed by atoms with Crippen molar-refractivity contribution in [2.24, 2.45) is 0 Å². The fourth-order valence-corrected chi connectivity index (χ4v) is 4.94. The van der Waals surface area contributed by atoms with E-state index in [1.807, 2.05) is 23.1 Å². The number of anilines is 3. The normalized spacial score (nSPS) is 13.6. The number of benzene rings is 2. The minimum atomic E-state index is -4.89. The number of pyridine rings is 1. The number of hydrogen-bond donors (Lipinski definition) is 2. The SMILES string of the molecule is O=C(Nc1ccc(N2CCN(C(=O)Nc3ccccc3F)CC2)nc1)c1oc(SCc2ccccc2)nc1C(F)(F)F. The van der Waals surface area contributed by atoms with E-state index in [1.165, 1.54) is 30.5 Å². The molecule has 4 aromatic rings. The zero-order valence-corrected chi connectivity index (χ0v) is 22.7. The van der Waals surface area contributed by atoms with E-state index in [0.717, 1.165) is 17.3 Å². The molecule has 3 heterocycles. The third-order valence-electron chi connectivity index (χ3n) is 6.30. The molecule has 1 aliphatic rings. The van der Waals surface area contributed by atoms with Gasteiger partial charge in [0.25, 0.3) is 11.1 Å². The van der Waals surface area contributed by atoms with E-state index in [-0.39, 0.29) is 16.6 Å². The van der Waals surface area contributed by atoms with Gasteiger partial charge in [-0.05, 0) is 29.8 Å². The predicted molar refractivity (Wildman–Crippen MR) is 149 cm³/mol. The minimum Gasteiger partial charge on any atom is -0.425 e. The summed E-state index contributed by atoms with van der Waals surface area (Å²) in [6.45, 7) is 1.60. The molecule has 2 aromatic carbocycles. The summed E-state index contributed by atoms with van der Waals surface area (Å²) in [5.74, 6) is -1.70. The third kappa shape index (κ3) is 7.00. The van der Waals surface area contributed by atoms with Crippen LogP contribution in [-0.4, -0.2) is 53.0 Å². The highest BCUT2D eigenvalue weighted by Crippen LogP contribution is 2.35. The second kappa shape index (κ2) is 12.5. The second-order valence-corrected chi connectivity index (χ2v) is 10.1. The van der Waals surface area contributed by atoms with Gasteiger partial charge in [0, 0.05) is 31.9 Å². The van der Waals surface area contributed by atoms with Crippen molar-refractivity contribution >= 4 is 40.9 Å². The number of carbonyl (C=O) groups is 2. The monoisotopic (exact) mass is 600 g/mol. The van der Waals surface area contributed by atoms with Crippen molar-refractivity contribution in [3.05, 3.63) is 95.8 Å². The molecular formula is C28H24F4N6O3S. The number of halogens is 4. The van der Waals surface area contributed by atoms with Crippen molar-refractivity contribution in [1.82, 2.24) is 14.9 Å². The Balaban J connectivity index is 1.18. The lowest BCUT2D eigenvalue weighted by Crippen LogP contribution is -2.50. The largest absolute Gasteiger partial charge is 0.437 e. The number of nitrogens with one attached hydrogen (secondary N) is 2. The second-order valence-electron chi connectivity index (χ2n) is 9.17. The van der Waals surface area contributed by atoms with Crippen molar-refractivity contribution < 1.29 is 31.6 Å². The Morgan fingerprint density at radius 2 is 1.64 bits per heavy atom. The van der Waals surface area contributed by atoms with Crippen LogP contribution in [0.3, 0.4) is 0 Å². The van der Waals surface area contributed by atoms with Crippen molar-refractivity contribution in [3.8, 4) is 0 Å². The van der Waals surface area contributed by atoms with E-state index >= 15 is 0 Å². The Kier molecular flexibility index (Phi) is 8.61. The lowest BCUT2D eigenvalue weighted by molar-refractivity contribution is -0.141. The molecule has 218 valence electrons. The summed E-state index contributed by atoms with van der Waals surface area (Å²) in [6, 6.07) is 17.7. The highest BCUT2D eigenvalue weighted by molar-refractivity contribution is 7.98. The first kappa shape index (κ1) is 28.9. The van der Waals surface area contributed by atoms with Gasteiger partial charge in [-0.15, -0.1) is 0 Å². The summed E-state index contributed by atoms with van der Waals surface area (Å²) in [4.78, 5) is 36.5. The van der Waals surface area contributed by atoms with Crippen LogP contribution in [0.25, 0.3) is 0 Å². The molecule has 0 unspecified atom stereocenters. The van der Waals surface area contributed by atoms with Crippen molar-refractivity contribution in [3.63, 3.8) is 0 Å². The Morgan fingerprint density at radius 1 is 0.929 bits per heavy atom. The molecule has 0 atom stereocenters. The van der Waals surface area contributed by atoms with Gasteiger partial charge >= 0.3 is 12.2 Å². The highest BCUT2D eigenvalue weighted by Gasteiger charge is 2.41. The topological polar surface area (TPSA) is 104 Å². The first-order valence-electron chi connectivity index (χ1n) is 12.7. The molecule has 0 aliphatic carbocycles. The third-order valence-corrected chi connectivity index (χ3v) is 7.20. The van der Waals surface area contributed by atoms with Gasteiger partial charge in [0.15, 0.2) is 5.69 Å². The highest BCUT2D eigenvalue weighted by atomic mass is 32.2. The summed E-state index contributed by atoms with van der Waals surface area (Å²) in [5, 5.41) is 4.67. The Hall–Kier alpha value is -4.59. The number of aromatic nitrogens is 2. The maximum Gasteiger partial charge on any atom is 0.437 e. The molecule has 5 rings (SSSR count). The summed E-state index contributed by atoms with van der Waals surface area (Å²) in [6.07, 6.45) is -3.57. The smallest absolute Gasteiger partial charge is 0.425 e. The van der Waals surface area contributed by atoms with Crippen LogP contribution in [0.4, 0.5) is 39.5 Å². The molecule has 1 fully saturated rings.